The molecule has 1 aromatic heterocycles. The van der Waals surface area contributed by atoms with Crippen molar-refractivity contribution in [3.05, 3.63) is 23.7 Å². The van der Waals surface area contributed by atoms with Gasteiger partial charge in [-0.15, -0.1) is 0 Å². The monoisotopic (exact) mass is 192 g/mol. The molecule has 1 aromatic rings. The molecule has 0 saturated heterocycles. The minimum Gasteiger partial charge on any atom is -0.464 e. The number of hydrogen-bond donors (Lipinski definition) is 1. The van der Waals surface area contributed by atoms with Crippen molar-refractivity contribution < 1.29 is 9.21 Å². The first kappa shape index (κ1) is 10.3. The third-order valence-electron chi connectivity index (χ3n) is 1.81. The largest absolute Gasteiger partial charge is 0.464 e. The van der Waals surface area contributed by atoms with Crippen molar-refractivity contribution in [2.45, 2.75) is 26.3 Å². The lowest BCUT2D eigenvalue weighted by Crippen LogP contribution is -2.25. The second-order valence-electron chi connectivity index (χ2n) is 3.07. The number of hydrogen-bond acceptors (Lipinski definition) is 3. The van der Waals surface area contributed by atoms with E-state index in [9.17, 15) is 4.79 Å². The summed E-state index contributed by atoms with van der Waals surface area (Å²) in [5, 5.41) is 10.9. The zero-order chi connectivity index (χ0) is 10.6. The fraction of sp³-hybridized carbons (Fsp3) is 0.400. The predicted molar refractivity (Wildman–Crippen MR) is 50.2 cm³/mol. The molecule has 0 aliphatic heterocycles. The molecule has 14 heavy (non-hydrogen) atoms. The normalized spacial score (nSPS) is 11.8. The number of furan rings is 1. The number of carbonyl (C=O) groups is 1. The molecule has 1 unspecified atom stereocenters. The summed E-state index contributed by atoms with van der Waals surface area (Å²) in [7, 11) is 0. The first-order valence-corrected chi connectivity index (χ1v) is 4.36. The van der Waals surface area contributed by atoms with Gasteiger partial charge in [-0.25, -0.2) is 0 Å². The van der Waals surface area contributed by atoms with Crippen LogP contribution < -0.4 is 5.32 Å². The molecular formula is C10H12N2O2. The zero-order valence-electron chi connectivity index (χ0n) is 8.20. The van der Waals surface area contributed by atoms with E-state index in [1.54, 1.807) is 6.07 Å². The van der Waals surface area contributed by atoms with Crippen LogP contribution in [0, 0.1) is 18.3 Å². The highest BCUT2D eigenvalue weighted by Crippen LogP contribution is 2.15. The van der Waals surface area contributed by atoms with E-state index in [0.29, 0.717) is 5.76 Å². The van der Waals surface area contributed by atoms with Gasteiger partial charge in [0.1, 0.15) is 17.9 Å². The summed E-state index contributed by atoms with van der Waals surface area (Å²) in [5.41, 5.74) is 0. The fourth-order valence-electron chi connectivity index (χ4n) is 1.12. The number of nitrogens with one attached hydrogen (secondary N) is 1. The highest BCUT2D eigenvalue weighted by molar-refractivity contribution is 5.78. The van der Waals surface area contributed by atoms with E-state index >= 15 is 0 Å². The molecule has 1 amide bonds. The van der Waals surface area contributed by atoms with Crippen LogP contribution in [0.5, 0.6) is 0 Å². The predicted octanol–water partition coefficient (Wildman–Crippen LogP) is 1.68. The summed E-state index contributed by atoms with van der Waals surface area (Å²) in [4.78, 5) is 11.1. The SMILES string of the molecule is Cc1ccc(C(C)NC(=O)CC#N)o1. The topological polar surface area (TPSA) is 66.0 Å². The second-order valence-corrected chi connectivity index (χ2v) is 3.07. The number of amides is 1. The molecule has 0 aromatic carbocycles. The third kappa shape index (κ3) is 2.63. The molecule has 4 heteroatoms. The van der Waals surface area contributed by atoms with Gasteiger partial charge in [-0.05, 0) is 26.0 Å². The lowest BCUT2D eigenvalue weighted by atomic mass is 10.2. The van der Waals surface area contributed by atoms with E-state index in [4.69, 9.17) is 9.68 Å². The molecular weight excluding hydrogens is 180 g/mol. The molecule has 0 saturated carbocycles. The highest BCUT2D eigenvalue weighted by atomic mass is 16.3. The average Bonchev–Trinajstić information content (AvgIpc) is 2.52. The summed E-state index contributed by atoms with van der Waals surface area (Å²) in [6.45, 7) is 3.65. The van der Waals surface area contributed by atoms with Gasteiger partial charge in [-0.3, -0.25) is 4.79 Å². The van der Waals surface area contributed by atoms with Gasteiger partial charge < -0.3 is 9.73 Å². The van der Waals surface area contributed by atoms with Crippen LogP contribution in [0.15, 0.2) is 16.5 Å². The van der Waals surface area contributed by atoms with Gasteiger partial charge in [0, 0.05) is 0 Å². The van der Waals surface area contributed by atoms with Crippen LogP contribution in [0.3, 0.4) is 0 Å². The Morgan fingerprint density at radius 3 is 2.93 bits per heavy atom. The Morgan fingerprint density at radius 1 is 1.71 bits per heavy atom. The van der Waals surface area contributed by atoms with Crippen molar-refractivity contribution in [2.75, 3.05) is 0 Å². The second kappa shape index (κ2) is 4.47. The Morgan fingerprint density at radius 2 is 2.43 bits per heavy atom. The number of carbonyl (C=O) groups excluding carboxylic acids is 1. The van der Waals surface area contributed by atoms with Gasteiger partial charge in [0.15, 0.2) is 0 Å². The lowest BCUT2D eigenvalue weighted by molar-refractivity contribution is -0.120. The maximum atomic E-state index is 11.1. The Balaban J connectivity index is 2.55. The molecule has 4 nitrogen and oxygen atoms in total. The van der Waals surface area contributed by atoms with Gasteiger partial charge in [-0.2, -0.15) is 5.26 Å². The maximum Gasteiger partial charge on any atom is 0.234 e. The van der Waals surface area contributed by atoms with E-state index in [1.165, 1.54) is 0 Å². The first-order chi connectivity index (χ1) is 6.63. The van der Waals surface area contributed by atoms with Gasteiger partial charge in [0.2, 0.25) is 5.91 Å². The summed E-state index contributed by atoms with van der Waals surface area (Å²) >= 11 is 0. The molecule has 0 bridgehead atoms. The Kier molecular flexibility index (Phi) is 3.29. The molecule has 1 N–H and O–H groups in total. The lowest BCUT2D eigenvalue weighted by Gasteiger charge is -2.09. The zero-order valence-corrected chi connectivity index (χ0v) is 8.20. The van der Waals surface area contributed by atoms with E-state index < -0.39 is 0 Å². The molecule has 0 spiro atoms. The minimum atomic E-state index is -0.283. The van der Waals surface area contributed by atoms with Crippen molar-refractivity contribution in [2.24, 2.45) is 0 Å². The van der Waals surface area contributed by atoms with Crippen LogP contribution in [-0.2, 0) is 4.79 Å². The molecule has 0 radical (unpaired) electrons. The van der Waals surface area contributed by atoms with Crippen molar-refractivity contribution in [1.29, 1.82) is 5.26 Å². The van der Waals surface area contributed by atoms with Crippen molar-refractivity contribution in [1.82, 2.24) is 5.32 Å². The van der Waals surface area contributed by atoms with Crippen LogP contribution in [0.4, 0.5) is 0 Å². The van der Waals surface area contributed by atoms with Crippen molar-refractivity contribution >= 4 is 5.91 Å². The van der Waals surface area contributed by atoms with Crippen LogP contribution >= 0.6 is 0 Å². The van der Waals surface area contributed by atoms with Gasteiger partial charge in [0.25, 0.3) is 0 Å². The summed E-state index contributed by atoms with van der Waals surface area (Å²) in [6, 6.07) is 5.24. The summed E-state index contributed by atoms with van der Waals surface area (Å²) < 4.78 is 5.33. The third-order valence-corrected chi connectivity index (χ3v) is 1.81. The van der Waals surface area contributed by atoms with Crippen LogP contribution in [0.1, 0.15) is 30.9 Å². The van der Waals surface area contributed by atoms with Gasteiger partial charge in [-0.1, -0.05) is 0 Å². The van der Waals surface area contributed by atoms with Crippen molar-refractivity contribution in [3.63, 3.8) is 0 Å². The number of nitriles is 1. The Labute approximate surface area is 82.5 Å². The Hall–Kier alpha value is -1.76. The van der Waals surface area contributed by atoms with Crippen LogP contribution in [0.2, 0.25) is 0 Å². The number of nitrogens with zero attached hydrogens (tertiary/aromatic N) is 1. The molecule has 0 aliphatic rings. The molecule has 1 atom stereocenters. The molecule has 0 fully saturated rings. The molecule has 74 valence electrons. The molecule has 0 aliphatic carbocycles. The van der Waals surface area contributed by atoms with E-state index in [1.807, 2.05) is 26.0 Å². The number of aryl methyl sites for hydroxylation is 1. The average molecular weight is 192 g/mol. The molecule has 1 heterocycles. The Bertz CT molecular complexity index is 362. The maximum absolute atomic E-state index is 11.1. The van der Waals surface area contributed by atoms with Gasteiger partial charge >= 0.3 is 0 Å². The van der Waals surface area contributed by atoms with Crippen molar-refractivity contribution in [3.8, 4) is 6.07 Å². The first-order valence-electron chi connectivity index (χ1n) is 4.36. The summed E-state index contributed by atoms with van der Waals surface area (Å²) in [6.07, 6.45) is -0.121. The highest BCUT2D eigenvalue weighted by Gasteiger charge is 2.11. The standard InChI is InChI=1S/C10H12N2O2/c1-7-3-4-9(14-7)8(2)12-10(13)5-6-11/h3-4,8H,5H2,1-2H3,(H,12,13). The van der Waals surface area contributed by atoms with Crippen LogP contribution in [0.25, 0.3) is 0 Å². The van der Waals surface area contributed by atoms with E-state index in [0.717, 1.165) is 5.76 Å². The number of rotatable bonds is 3. The van der Waals surface area contributed by atoms with E-state index in [-0.39, 0.29) is 18.4 Å². The van der Waals surface area contributed by atoms with Gasteiger partial charge in [0.05, 0.1) is 12.1 Å². The quantitative estimate of drug-likeness (QED) is 0.792. The van der Waals surface area contributed by atoms with E-state index in [2.05, 4.69) is 5.32 Å². The molecule has 1 rings (SSSR count). The van der Waals surface area contributed by atoms with Crippen LogP contribution in [-0.4, -0.2) is 5.91 Å². The fourth-order valence-corrected chi connectivity index (χ4v) is 1.12. The smallest absolute Gasteiger partial charge is 0.234 e. The minimum absolute atomic E-state index is 0.121. The summed E-state index contributed by atoms with van der Waals surface area (Å²) in [5.74, 6) is 1.23.